The zero-order valence-electron chi connectivity index (χ0n) is 6.24. The van der Waals surface area contributed by atoms with Crippen molar-refractivity contribution in [2.75, 3.05) is 0 Å². The van der Waals surface area contributed by atoms with Gasteiger partial charge in [-0.3, -0.25) is 0 Å². The zero-order chi connectivity index (χ0) is 9.23. The Morgan fingerprint density at radius 3 is 1.92 bits per heavy atom. The zero-order valence-corrected chi connectivity index (χ0v) is 7.88. The molecule has 0 radical (unpaired) electrons. The molecule has 0 unspecified atom stereocenters. The third-order valence-electron chi connectivity index (χ3n) is 0.992. The molecule has 3 heteroatoms. The van der Waals surface area contributed by atoms with Crippen LogP contribution in [0.2, 0.25) is 0 Å². The van der Waals surface area contributed by atoms with Crippen LogP contribution in [0.3, 0.4) is 0 Å². The molecule has 1 aromatic carbocycles. The molecule has 1 rings (SSSR count). The Hall–Kier alpha value is -1.13. The van der Waals surface area contributed by atoms with Crippen molar-refractivity contribution in [3.8, 4) is 0 Å². The molecule has 12 heavy (non-hydrogen) atoms. The molecule has 0 bridgehead atoms. The van der Waals surface area contributed by atoms with Crippen LogP contribution in [0.25, 0.3) is 6.08 Å². The van der Waals surface area contributed by atoms with Gasteiger partial charge in [0.25, 0.3) is 0 Å². The fourth-order valence-corrected chi connectivity index (χ4v) is 0.607. The Morgan fingerprint density at radius 2 is 1.75 bits per heavy atom. The first-order valence-corrected chi connectivity index (χ1v) is 4.65. The molecule has 2 nitrogen and oxygen atoms in total. The van der Waals surface area contributed by atoms with Gasteiger partial charge in [0.15, 0.2) is 0 Å². The van der Waals surface area contributed by atoms with E-state index in [1.807, 2.05) is 30.3 Å². The average molecular weight is 250 g/mol. The molecule has 0 aliphatic rings. The van der Waals surface area contributed by atoms with E-state index >= 15 is 0 Å². The fraction of sp³-hybridized carbons (Fsp3) is 0. The summed E-state index contributed by atoms with van der Waals surface area (Å²) in [4.78, 5) is 18.1. The summed E-state index contributed by atoms with van der Waals surface area (Å²) in [7, 11) is 0. The normalized spacial score (nSPS) is 7.00. The topological polar surface area (TPSA) is 34.1 Å². The molecule has 0 spiro atoms. The van der Waals surface area contributed by atoms with Crippen LogP contribution in [0.5, 0.6) is 0 Å². The molecule has 0 atom stereocenters. The van der Waals surface area contributed by atoms with Gasteiger partial charge >= 0.3 is 34.8 Å². The van der Waals surface area contributed by atoms with Crippen molar-refractivity contribution < 1.29 is 25.8 Å². The average Bonchev–Trinajstić information content (AvgIpc) is 2.58. The molecule has 0 N–H and O–H groups in total. The van der Waals surface area contributed by atoms with E-state index in [0.29, 0.717) is 0 Å². The number of carbonyl (C=O) groups excluding carboxylic acids is 2. The second-order valence-electron chi connectivity index (χ2n) is 1.64. The number of rotatable bonds is 1. The summed E-state index contributed by atoms with van der Waals surface area (Å²) in [5.41, 5.74) is 1.19. The molecule has 1 aromatic rings. The monoisotopic (exact) mass is 250 g/mol. The van der Waals surface area contributed by atoms with Crippen LogP contribution in [-0.2, 0) is 25.8 Å². The van der Waals surface area contributed by atoms with Crippen molar-refractivity contribution in [1.82, 2.24) is 0 Å². The van der Waals surface area contributed by atoms with E-state index in [9.17, 15) is 0 Å². The van der Waals surface area contributed by atoms with Gasteiger partial charge in [-0.25, -0.2) is 0 Å². The Labute approximate surface area is 77.5 Å². The van der Waals surface area contributed by atoms with Crippen LogP contribution >= 0.6 is 0 Å². The maximum absolute atomic E-state index is 9.05. The standard InChI is InChI=1S/C7H7.2CO.Rh/c1-2-7-5-3-4-6-7;2*1-2;/h2-6H,1H2;;;/q-1;;;. The van der Waals surface area contributed by atoms with Crippen molar-refractivity contribution in [1.29, 1.82) is 0 Å². The van der Waals surface area contributed by atoms with Gasteiger partial charge in [0.1, 0.15) is 0 Å². The van der Waals surface area contributed by atoms with Crippen molar-refractivity contribution in [3.63, 3.8) is 0 Å². The first-order valence-electron chi connectivity index (χ1n) is 3.02. The molecule has 65 valence electrons. The first-order chi connectivity index (χ1) is 5.85. The molecule has 0 amide bonds. The maximum atomic E-state index is 9.05. The van der Waals surface area contributed by atoms with Crippen molar-refractivity contribution in [3.05, 3.63) is 36.4 Å². The summed E-state index contributed by atoms with van der Waals surface area (Å²) in [5.74, 6) is 0. The van der Waals surface area contributed by atoms with Gasteiger partial charge in [0, 0.05) is 0 Å². The first kappa shape index (κ1) is 10.9. The van der Waals surface area contributed by atoms with Crippen molar-refractivity contribution in [2.45, 2.75) is 0 Å². The molecule has 0 aliphatic carbocycles. The summed E-state index contributed by atoms with van der Waals surface area (Å²) in [6.45, 7) is 3.60. The van der Waals surface area contributed by atoms with Crippen LogP contribution in [0.15, 0.2) is 30.8 Å². The third kappa shape index (κ3) is 5.64. The molecule has 0 heterocycles. The van der Waals surface area contributed by atoms with Gasteiger partial charge in [-0.1, -0.05) is 0 Å². The number of hydrogen-bond donors (Lipinski definition) is 0. The van der Waals surface area contributed by atoms with Crippen LogP contribution < -0.4 is 0 Å². The third-order valence-corrected chi connectivity index (χ3v) is 1.33. The second kappa shape index (κ2) is 7.97. The van der Waals surface area contributed by atoms with Gasteiger partial charge in [0.2, 0.25) is 0 Å². The summed E-state index contributed by atoms with van der Waals surface area (Å²) >= 11 is -0.704. The minimum absolute atomic E-state index is 0.704. The molecular weight excluding hydrogens is 243 g/mol. The summed E-state index contributed by atoms with van der Waals surface area (Å²) in [6.07, 6.45) is 1.83. The van der Waals surface area contributed by atoms with Crippen molar-refractivity contribution in [2.24, 2.45) is 0 Å². The van der Waals surface area contributed by atoms with E-state index in [1.165, 1.54) is 14.5 Å². The van der Waals surface area contributed by atoms with E-state index in [-0.39, 0.29) is 0 Å². The van der Waals surface area contributed by atoms with Crippen molar-refractivity contribution >= 4 is 15.0 Å². The fourth-order valence-electron chi connectivity index (χ4n) is 0.539. The van der Waals surface area contributed by atoms with Crippen LogP contribution in [0.4, 0.5) is 0 Å². The molecule has 0 fully saturated rings. The van der Waals surface area contributed by atoms with Gasteiger partial charge in [-0.15, -0.1) is 23.8 Å². The second-order valence-corrected chi connectivity index (χ2v) is 2.72. The molecule has 0 saturated heterocycles. The predicted molar refractivity (Wildman–Crippen MR) is 43.5 cm³/mol. The van der Waals surface area contributed by atoms with Gasteiger partial charge < -0.3 is 0 Å². The summed E-state index contributed by atoms with van der Waals surface area (Å²) in [6, 6.07) is 8.04. The van der Waals surface area contributed by atoms with Gasteiger partial charge in [-0.2, -0.15) is 18.7 Å². The van der Waals surface area contributed by atoms with E-state index in [4.69, 9.17) is 9.59 Å². The Balaban J connectivity index is 0.000000217. The molecule has 0 aliphatic heterocycles. The predicted octanol–water partition coefficient (Wildman–Crippen LogP) is 1.25. The van der Waals surface area contributed by atoms with E-state index in [0.717, 1.165) is 0 Å². The van der Waals surface area contributed by atoms with Crippen LogP contribution in [0, 0.1) is 0 Å². The number of hydrogen-bond acceptors (Lipinski definition) is 2. The summed E-state index contributed by atoms with van der Waals surface area (Å²) < 4.78 is 2.83. The quantitative estimate of drug-likeness (QED) is 0.555. The van der Waals surface area contributed by atoms with Crippen LogP contribution in [0.1, 0.15) is 5.56 Å². The molecule has 0 aromatic heterocycles. The Kier molecular flexibility index (Phi) is 7.23. The molecule has 0 saturated carbocycles. The van der Waals surface area contributed by atoms with Crippen LogP contribution in [-0.4, -0.2) is 8.95 Å². The molecular formula is C9H7O2Rh-. The Bertz CT molecular complexity index is 309. The van der Waals surface area contributed by atoms with E-state index < -0.39 is 16.2 Å². The summed E-state index contributed by atoms with van der Waals surface area (Å²) in [5, 5.41) is 0. The Morgan fingerprint density at radius 1 is 1.25 bits per heavy atom. The van der Waals surface area contributed by atoms with E-state index in [1.54, 1.807) is 0 Å². The van der Waals surface area contributed by atoms with E-state index in [2.05, 4.69) is 6.58 Å². The SMILES string of the molecule is C=C[c-]1cccc1.O=[C]=[Rh]=[C]=O. The van der Waals surface area contributed by atoms with Gasteiger partial charge in [0.05, 0.1) is 0 Å². The minimum atomic E-state index is -0.704. The van der Waals surface area contributed by atoms with Gasteiger partial charge in [-0.05, 0) is 0 Å².